The van der Waals surface area contributed by atoms with Crippen molar-refractivity contribution in [3.63, 3.8) is 0 Å². The maximum Gasteiger partial charge on any atom is 0.338 e. The van der Waals surface area contributed by atoms with E-state index in [4.69, 9.17) is 28.4 Å². The Morgan fingerprint density at radius 2 is 1.09 bits per heavy atom. The van der Waals surface area contributed by atoms with E-state index in [-0.39, 0.29) is 11.1 Å². The van der Waals surface area contributed by atoms with Crippen molar-refractivity contribution >= 4 is 17.9 Å². The highest BCUT2D eigenvalue weighted by atomic mass is 16.7. The van der Waals surface area contributed by atoms with Gasteiger partial charge in [0.25, 0.3) is 0 Å². The SMILES string of the molecule is COc1ccc(O[C@@H]2O[C@H](COC(=O)c3ccccc3)[C@H](OC(=O)c3ccccc3)[C@H](O)[C@H]2OC(=O)c2ccccc2)cc1. The maximum atomic E-state index is 13.1. The third kappa shape index (κ3) is 7.41. The van der Waals surface area contributed by atoms with Gasteiger partial charge < -0.3 is 33.5 Å². The predicted molar refractivity (Wildman–Crippen MR) is 156 cm³/mol. The third-order valence-corrected chi connectivity index (χ3v) is 6.82. The number of carbonyl (C=O) groups is 3. The van der Waals surface area contributed by atoms with Crippen molar-refractivity contribution in [1.29, 1.82) is 0 Å². The van der Waals surface area contributed by atoms with Gasteiger partial charge in [0.1, 0.15) is 30.3 Å². The monoisotopic (exact) mass is 598 g/mol. The molecular weight excluding hydrogens is 568 g/mol. The van der Waals surface area contributed by atoms with E-state index in [9.17, 15) is 19.5 Å². The fourth-order valence-corrected chi connectivity index (χ4v) is 4.53. The molecule has 5 rings (SSSR count). The van der Waals surface area contributed by atoms with Crippen LogP contribution in [-0.2, 0) is 18.9 Å². The molecule has 5 atom stereocenters. The highest BCUT2D eigenvalue weighted by Gasteiger charge is 2.51. The molecule has 10 nitrogen and oxygen atoms in total. The predicted octanol–water partition coefficient (Wildman–Crippen LogP) is 4.47. The number of carbonyl (C=O) groups excluding carboxylic acids is 3. The van der Waals surface area contributed by atoms with Crippen LogP contribution in [0.5, 0.6) is 11.5 Å². The summed E-state index contributed by atoms with van der Waals surface area (Å²) in [6.45, 7) is -0.417. The number of rotatable bonds is 10. The largest absolute Gasteiger partial charge is 0.497 e. The molecule has 0 unspecified atom stereocenters. The van der Waals surface area contributed by atoms with Crippen LogP contribution >= 0.6 is 0 Å². The van der Waals surface area contributed by atoms with E-state index < -0.39 is 55.2 Å². The van der Waals surface area contributed by atoms with Crippen LogP contribution in [0.3, 0.4) is 0 Å². The molecular formula is C34H30O10. The Morgan fingerprint density at radius 1 is 0.636 bits per heavy atom. The first-order chi connectivity index (χ1) is 21.4. The molecule has 0 saturated carbocycles. The van der Waals surface area contributed by atoms with Gasteiger partial charge in [0, 0.05) is 0 Å². The standard InChI is InChI=1S/C34H30O10/c1-39-25-17-19-26(20-18-25)41-34-30(44-33(38)24-15-9-4-10-16-24)28(35)29(43-32(37)23-13-7-3-8-14-23)27(42-34)21-40-31(36)22-11-5-2-6-12-22/h2-20,27-30,34-35H,21H2,1H3/t27-,28+,29+,30-,34-/m1/s1. The lowest BCUT2D eigenvalue weighted by Crippen LogP contribution is -2.62. The summed E-state index contributed by atoms with van der Waals surface area (Å²) in [5, 5.41) is 11.6. The first-order valence-electron chi connectivity index (χ1n) is 13.8. The van der Waals surface area contributed by atoms with Crippen molar-refractivity contribution in [3.05, 3.63) is 132 Å². The average Bonchev–Trinajstić information content (AvgIpc) is 3.08. The molecule has 0 aromatic heterocycles. The second-order valence-electron chi connectivity index (χ2n) is 9.76. The number of aliphatic hydroxyl groups excluding tert-OH is 1. The summed E-state index contributed by atoms with van der Waals surface area (Å²) in [4.78, 5) is 39.0. The molecule has 4 aromatic carbocycles. The maximum absolute atomic E-state index is 13.1. The quantitative estimate of drug-likeness (QED) is 0.206. The molecule has 10 heteroatoms. The van der Waals surface area contributed by atoms with Crippen LogP contribution in [0.4, 0.5) is 0 Å². The molecule has 1 saturated heterocycles. The molecule has 44 heavy (non-hydrogen) atoms. The van der Waals surface area contributed by atoms with Gasteiger partial charge in [-0.05, 0) is 60.7 Å². The van der Waals surface area contributed by atoms with Crippen LogP contribution in [0, 0.1) is 0 Å². The Hall–Kier alpha value is -5.19. The van der Waals surface area contributed by atoms with Crippen LogP contribution < -0.4 is 9.47 Å². The molecule has 0 amide bonds. The van der Waals surface area contributed by atoms with Gasteiger partial charge in [0.15, 0.2) is 12.2 Å². The summed E-state index contributed by atoms with van der Waals surface area (Å²) in [5.41, 5.74) is 0.733. The minimum atomic E-state index is -1.65. The van der Waals surface area contributed by atoms with E-state index in [0.717, 1.165) is 0 Å². The van der Waals surface area contributed by atoms with Gasteiger partial charge in [-0.1, -0.05) is 54.6 Å². The van der Waals surface area contributed by atoms with Crippen molar-refractivity contribution in [3.8, 4) is 11.5 Å². The van der Waals surface area contributed by atoms with E-state index in [1.54, 1.807) is 115 Å². The molecule has 226 valence electrons. The molecule has 1 heterocycles. The number of aliphatic hydroxyl groups is 1. The van der Waals surface area contributed by atoms with E-state index in [1.165, 1.54) is 7.11 Å². The lowest BCUT2D eigenvalue weighted by atomic mass is 9.98. The Balaban J connectivity index is 1.44. The van der Waals surface area contributed by atoms with Crippen LogP contribution in [0.15, 0.2) is 115 Å². The molecule has 0 bridgehead atoms. The van der Waals surface area contributed by atoms with E-state index in [2.05, 4.69) is 0 Å². The number of esters is 3. The van der Waals surface area contributed by atoms with E-state index >= 15 is 0 Å². The highest BCUT2D eigenvalue weighted by molar-refractivity contribution is 5.90. The average molecular weight is 599 g/mol. The van der Waals surface area contributed by atoms with Crippen LogP contribution in [0.25, 0.3) is 0 Å². The fraction of sp³-hybridized carbons (Fsp3) is 0.206. The third-order valence-electron chi connectivity index (χ3n) is 6.82. The van der Waals surface area contributed by atoms with Crippen molar-refractivity contribution in [2.45, 2.75) is 30.7 Å². The Labute approximate surface area is 253 Å². The molecule has 1 aliphatic rings. The molecule has 1 N–H and O–H groups in total. The minimum Gasteiger partial charge on any atom is -0.497 e. The topological polar surface area (TPSA) is 127 Å². The normalized spacial score (nSPS) is 21.0. The summed E-state index contributed by atoms with van der Waals surface area (Å²) in [5.74, 6) is -1.29. The molecule has 1 aliphatic heterocycles. The summed E-state index contributed by atoms with van der Waals surface area (Å²) in [6, 6.07) is 31.2. The van der Waals surface area contributed by atoms with Gasteiger partial charge in [0.05, 0.1) is 23.8 Å². The summed E-state index contributed by atoms with van der Waals surface area (Å²) in [6.07, 6.45) is -7.12. The minimum absolute atomic E-state index is 0.217. The number of hydrogen-bond acceptors (Lipinski definition) is 10. The van der Waals surface area contributed by atoms with Gasteiger partial charge in [-0.3, -0.25) is 0 Å². The zero-order chi connectivity index (χ0) is 30.9. The van der Waals surface area contributed by atoms with Gasteiger partial charge in [-0.25, -0.2) is 14.4 Å². The Kier molecular flexibility index (Phi) is 9.85. The molecule has 0 radical (unpaired) electrons. The second-order valence-corrected chi connectivity index (χ2v) is 9.76. The fourth-order valence-electron chi connectivity index (χ4n) is 4.53. The van der Waals surface area contributed by atoms with Gasteiger partial charge in [-0.2, -0.15) is 0 Å². The zero-order valence-corrected chi connectivity index (χ0v) is 23.7. The lowest BCUT2D eigenvalue weighted by molar-refractivity contribution is -0.276. The van der Waals surface area contributed by atoms with E-state index in [1.807, 2.05) is 0 Å². The van der Waals surface area contributed by atoms with E-state index in [0.29, 0.717) is 17.1 Å². The lowest BCUT2D eigenvalue weighted by Gasteiger charge is -2.42. The summed E-state index contributed by atoms with van der Waals surface area (Å²) < 4.78 is 34.3. The summed E-state index contributed by atoms with van der Waals surface area (Å²) in [7, 11) is 1.52. The molecule has 0 aliphatic carbocycles. The first-order valence-corrected chi connectivity index (χ1v) is 13.8. The smallest absolute Gasteiger partial charge is 0.338 e. The Morgan fingerprint density at radius 3 is 1.59 bits per heavy atom. The molecule has 0 spiro atoms. The Bertz CT molecular complexity index is 1530. The summed E-state index contributed by atoms with van der Waals surface area (Å²) >= 11 is 0. The van der Waals surface area contributed by atoms with Crippen molar-refractivity contribution in [2.24, 2.45) is 0 Å². The van der Waals surface area contributed by atoms with Gasteiger partial charge in [-0.15, -0.1) is 0 Å². The van der Waals surface area contributed by atoms with Crippen molar-refractivity contribution in [1.82, 2.24) is 0 Å². The van der Waals surface area contributed by atoms with Gasteiger partial charge in [0.2, 0.25) is 6.29 Å². The number of methoxy groups -OCH3 is 1. The van der Waals surface area contributed by atoms with Gasteiger partial charge >= 0.3 is 17.9 Å². The first kappa shape index (κ1) is 30.3. The van der Waals surface area contributed by atoms with Crippen LogP contribution in [-0.4, -0.2) is 67.4 Å². The number of hydrogen-bond donors (Lipinski definition) is 1. The highest BCUT2D eigenvalue weighted by Crippen LogP contribution is 2.30. The van der Waals surface area contributed by atoms with Crippen LogP contribution in [0.2, 0.25) is 0 Å². The second kappa shape index (κ2) is 14.3. The molecule has 4 aromatic rings. The number of ether oxygens (including phenoxy) is 6. The molecule has 1 fully saturated rings. The van der Waals surface area contributed by atoms with Crippen molar-refractivity contribution < 1.29 is 47.9 Å². The zero-order valence-electron chi connectivity index (χ0n) is 23.7. The number of benzene rings is 4. The van der Waals surface area contributed by atoms with Crippen LogP contribution in [0.1, 0.15) is 31.1 Å². The van der Waals surface area contributed by atoms with Crippen molar-refractivity contribution in [2.75, 3.05) is 13.7 Å².